The van der Waals surface area contributed by atoms with Crippen molar-refractivity contribution in [1.82, 2.24) is 20.1 Å². The molecule has 7 nitrogen and oxygen atoms in total. The van der Waals surface area contributed by atoms with Crippen molar-refractivity contribution >= 4 is 5.69 Å². The molecule has 174 valence electrons. The Labute approximate surface area is 191 Å². The molecule has 0 aliphatic carbocycles. The Hall–Kier alpha value is -2.03. The van der Waals surface area contributed by atoms with E-state index in [2.05, 4.69) is 33.2 Å². The summed E-state index contributed by atoms with van der Waals surface area (Å²) in [4.78, 5) is 9.29. The molecule has 0 bridgehead atoms. The molecule has 2 atom stereocenters. The molecule has 0 radical (unpaired) electrons. The predicted molar refractivity (Wildman–Crippen MR) is 130 cm³/mol. The second kappa shape index (κ2) is 10.7. The highest BCUT2D eigenvalue weighted by molar-refractivity contribution is 5.68. The van der Waals surface area contributed by atoms with Crippen LogP contribution in [0.4, 0.5) is 5.69 Å². The molecule has 6 N–H and O–H groups in total. The number of likely N-dealkylation sites (tertiary alicyclic amines) is 2. The summed E-state index contributed by atoms with van der Waals surface area (Å²) < 4.78 is 0. The molecule has 0 spiro atoms. The van der Waals surface area contributed by atoms with Crippen LogP contribution in [0.25, 0.3) is 11.1 Å². The summed E-state index contributed by atoms with van der Waals surface area (Å²) >= 11 is 0. The lowest BCUT2D eigenvalue weighted by molar-refractivity contribution is 0.0809. The van der Waals surface area contributed by atoms with Crippen LogP contribution in [0.1, 0.15) is 49.3 Å². The van der Waals surface area contributed by atoms with Crippen LogP contribution >= 0.6 is 0 Å². The monoisotopic (exact) mass is 438 g/mol. The van der Waals surface area contributed by atoms with Gasteiger partial charge in [-0.15, -0.1) is 0 Å². The molecule has 0 saturated carbocycles. The van der Waals surface area contributed by atoms with E-state index in [0.717, 1.165) is 62.3 Å². The number of nitrogens with two attached hydrogens (primary N) is 2. The molecule has 32 heavy (non-hydrogen) atoms. The van der Waals surface area contributed by atoms with Crippen molar-refractivity contribution in [2.24, 2.45) is 5.73 Å². The molecule has 4 rings (SSSR count). The number of hydrogen-bond acceptors (Lipinski definition) is 7. The van der Waals surface area contributed by atoms with E-state index in [1.54, 1.807) is 0 Å². The number of rotatable bonds is 7. The van der Waals surface area contributed by atoms with Crippen LogP contribution in [-0.2, 0) is 6.54 Å². The molecule has 2 saturated heterocycles. The third kappa shape index (κ3) is 5.85. The molecule has 2 fully saturated rings. The predicted octanol–water partition coefficient (Wildman–Crippen LogP) is 2.32. The minimum atomic E-state index is -0.843. The lowest BCUT2D eigenvalue weighted by atomic mass is 9.96. The first-order valence-corrected chi connectivity index (χ1v) is 11.9. The fourth-order valence-electron chi connectivity index (χ4n) is 4.84. The quantitative estimate of drug-likeness (QED) is 0.388. The highest BCUT2D eigenvalue weighted by Crippen LogP contribution is 2.29. The maximum atomic E-state index is 10.8. The van der Waals surface area contributed by atoms with Crippen LogP contribution in [0.2, 0.25) is 0 Å². The number of nitrogens with zero attached hydrogens (tertiary/aromatic N) is 3. The molecule has 3 heterocycles. The first kappa shape index (κ1) is 23.1. The molecule has 2 aliphatic heterocycles. The van der Waals surface area contributed by atoms with E-state index in [4.69, 9.17) is 11.5 Å². The summed E-state index contributed by atoms with van der Waals surface area (Å²) in [6, 6.07) is 7.76. The van der Waals surface area contributed by atoms with Crippen LogP contribution in [0.3, 0.4) is 0 Å². The van der Waals surface area contributed by atoms with Crippen molar-refractivity contribution in [3.05, 3.63) is 47.8 Å². The van der Waals surface area contributed by atoms with Crippen LogP contribution in [0.5, 0.6) is 0 Å². The van der Waals surface area contributed by atoms with Crippen molar-refractivity contribution in [3.63, 3.8) is 0 Å². The minimum absolute atomic E-state index is 0.271. The van der Waals surface area contributed by atoms with E-state index in [-0.39, 0.29) is 6.04 Å². The van der Waals surface area contributed by atoms with E-state index in [1.807, 2.05) is 30.6 Å². The standard InChI is InChI=1S/C25H38N6O/c1-30-11-7-21(8-12-30)29-25(32)24(27)22-14-19(5-6-23(22)26)20-13-18(15-28-16-20)17-31-9-3-2-4-10-31/h5-6,13-16,21,24-25,29,32H,2-4,7-12,17,26-27H2,1H3. The van der Waals surface area contributed by atoms with Crippen LogP contribution < -0.4 is 16.8 Å². The summed E-state index contributed by atoms with van der Waals surface area (Å²) in [6.07, 6.45) is 8.90. The first-order valence-electron chi connectivity index (χ1n) is 11.9. The Bertz CT molecular complexity index is 876. The van der Waals surface area contributed by atoms with Gasteiger partial charge in [-0.25, -0.2) is 0 Å². The fraction of sp³-hybridized carbons (Fsp3) is 0.560. The van der Waals surface area contributed by atoms with E-state index in [9.17, 15) is 5.11 Å². The SMILES string of the molecule is CN1CCC(NC(O)C(N)c2cc(-c3cncc(CN4CCCCC4)c3)ccc2N)CC1. The summed E-state index contributed by atoms with van der Waals surface area (Å²) in [6.45, 7) is 5.30. The fourth-order valence-corrected chi connectivity index (χ4v) is 4.84. The number of piperidine rings is 2. The molecule has 7 heteroatoms. The van der Waals surface area contributed by atoms with Gasteiger partial charge in [-0.2, -0.15) is 0 Å². The number of aliphatic hydroxyl groups excluding tert-OH is 1. The van der Waals surface area contributed by atoms with Crippen molar-refractivity contribution in [1.29, 1.82) is 0 Å². The molecule has 1 aromatic carbocycles. The Kier molecular flexibility index (Phi) is 7.75. The highest BCUT2D eigenvalue weighted by Gasteiger charge is 2.24. The zero-order valence-corrected chi connectivity index (χ0v) is 19.2. The van der Waals surface area contributed by atoms with Crippen LogP contribution in [0, 0.1) is 0 Å². The average molecular weight is 439 g/mol. The summed E-state index contributed by atoms with van der Waals surface area (Å²) in [5.41, 5.74) is 17.4. The largest absolute Gasteiger partial charge is 0.398 e. The van der Waals surface area contributed by atoms with E-state index < -0.39 is 12.3 Å². The van der Waals surface area contributed by atoms with Crippen molar-refractivity contribution in [2.75, 3.05) is 39.0 Å². The number of nitrogen functional groups attached to an aromatic ring is 1. The van der Waals surface area contributed by atoms with Gasteiger partial charge in [0.2, 0.25) is 0 Å². The number of aromatic nitrogens is 1. The lowest BCUT2D eigenvalue weighted by Crippen LogP contribution is -2.48. The highest BCUT2D eigenvalue weighted by atomic mass is 16.3. The number of benzene rings is 1. The molecular weight excluding hydrogens is 400 g/mol. The summed E-state index contributed by atoms with van der Waals surface area (Å²) in [5, 5.41) is 14.1. The Morgan fingerprint density at radius 1 is 1.06 bits per heavy atom. The Morgan fingerprint density at radius 2 is 1.81 bits per heavy atom. The third-order valence-electron chi connectivity index (χ3n) is 6.89. The van der Waals surface area contributed by atoms with Gasteiger partial charge in [-0.3, -0.25) is 15.2 Å². The van der Waals surface area contributed by atoms with Gasteiger partial charge in [0.25, 0.3) is 0 Å². The Balaban J connectivity index is 1.46. The third-order valence-corrected chi connectivity index (χ3v) is 6.89. The normalized spacial score (nSPS) is 20.8. The van der Waals surface area contributed by atoms with Gasteiger partial charge >= 0.3 is 0 Å². The van der Waals surface area contributed by atoms with Crippen LogP contribution in [0.15, 0.2) is 36.7 Å². The van der Waals surface area contributed by atoms with E-state index >= 15 is 0 Å². The maximum Gasteiger partial charge on any atom is 0.124 e. The molecule has 2 aromatic rings. The van der Waals surface area contributed by atoms with Gasteiger partial charge < -0.3 is 21.5 Å². The molecule has 2 aliphatic rings. The topological polar surface area (TPSA) is 104 Å². The number of pyridine rings is 1. The minimum Gasteiger partial charge on any atom is -0.398 e. The average Bonchev–Trinajstić information content (AvgIpc) is 2.81. The van der Waals surface area contributed by atoms with Gasteiger partial charge in [0, 0.05) is 36.2 Å². The number of aliphatic hydroxyl groups is 1. The Morgan fingerprint density at radius 3 is 2.56 bits per heavy atom. The zero-order valence-electron chi connectivity index (χ0n) is 19.2. The second-order valence-electron chi connectivity index (χ2n) is 9.48. The van der Waals surface area contributed by atoms with E-state index in [0.29, 0.717) is 5.69 Å². The summed E-state index contributed by atoms with van der Waals surface area (Å²) in [5.74, 6) is 0. The zero-order chi connectivity index (χ0) is 22.5. The van der Waals surface area contributed by atoms with Crippen molar-refractivity contribution in [2.45, 2.75) is 57.0 Å². The van der Waals surface area contributed by atoms with Gasteiger partial charge in [0.1, 0.15) is 6.23 Å². The first-order chi connectivity index (χ1) is 15.5. The lowest BCUT2D eigenvalue weighted by Gasteiger charge is -2.33. The van der Waals surface area contributed by atoms with Gasteiger partial charge in [-0.1, -0.05) is 12.5 Å². The smallest absolute Gasteiger partial charge is 0.124 e. The van der Waals surface area contributed by atoms with Crippen LogP contribution in [-0.4, -0.2) is 65.4 Å². The summed E-state index contributed by atoms with van der Waals surface area (Å²) in [7, 11) is 2.13. The van der Waals surface area contributed by atoms with Gasteiger partial charge in [0.05, 0.1) is 6.04 Å². The van der Waals surface area contributed by atoms with Crippen molar-refractivity contribution in [3.8, 4) is 11.1 Å². The van der Waals surface area contributed by atoms with Gasteiger partial charge in [-0.05, 0) is 93.8 Å². The van der Waals surface area contributed by atoms with Crippen molar-refractivity contribution < 1.29 is 5.11 Å². The molecule has 0 amide bonds. The number of nitrogens with one attached hydrogen (secondary N) is 1. The number of anilines is 1. The second-order valence-corrected chi connectivity index (χ2v) is 9.48. The molecule has 2 unspecified atom stereocenters. The van der Waals surface area contributed by atoms with Gasteiger partial charge in [0.15, 0.2) is 0 Å². The maximum absolute atomic E-state index is 10.8. The molecule has 1 aromatic heterocycles. The number of hydrogen-bond donors (Lipinski definition) is 4. The molecular formula is C25H38N6O. The van der Waals surface area contributed by atoms with E-state index in [1.165, 1.54) is 24.8 Å².